The minimum atomic E-state index is -3.41. The van der Waals surface area contributed by atoms with Gasteiger partial charge in [-0.25, -0.2) is 18.2 Å². The van der Waals surface area contributed by atoms with E-state index in [0.29, 0.717) is 19.3 Å². The fourth-order valence-electron chi connectivity index (χ4n) is 2.10. The Hall–Kier alpha value is -1.96. The van der Waals surface area contributed by atoms with E-state index >= 15 is 0 Å². The lowest BCUT2D eigenvalue weighted by atomic mass is 10.2. The van der Waals surface area contributed by atoms with Crippen LogP contribution in [-0.2, 0) is 14.6 Å². The average Bonchev–Trinajstić information content (AvgIpc) is 2.38. The second-order valence-corrected chi connectivity index (χ2v) is 6.88. The van der Waals surface area contributed by atoms with Crippen molar-refractivity contribution >= 4 is 27.4 Å². The third-order valence-electron chi connectivity index (χ3n) is 3.12. The van der Waals surface area contributed by atoms with Crippen LogP contribution in [0.2, 0.25) is 0 Å². The molecule has 1 atom stereocenters. The van der Waals surface area contributed by atoms with Crippen LogP contribution in [0.5, 0.6) is 0 Å². The molecule has 0 aliphatic carbocycles. The summed E-state index contributed by atoms with van der Waals surface area (Å²) in [5, 5.41) is 10.2. The number of pyridine rings is 1. The molecule has 1 aliphatic heterocycles. The van der Waals surface area contributed by atoms with Gasteiger partial charge in [0, 0.05) is 11.9 Å². The Morgan fingerprint density at radius 2 is 2.10 bits per heavy atom. The van der Waals surface area contributed by atoms with Gasteiger partial charge in [0.1, 0.15) is 10.9 Å². The number of carboxylic acid groups (broad SMARTS) is 1. The number of hydrogen-bond donors (Lipinski definition) is 2. The fraction of sp³-hybridized carbons (Fsp3) is 0.417. The highest BCUT2D eigenvalue weighted by atomic mass is 32.2. The van der Waals surface area contributed by atoms with E-state index in [2.05, 4.69) is 10.3 Å². The summed E-state index contributed by atoms with van der Waals surface area (Å²) >= 11 is 0. The number of anilines is 1. The van der Waals surface area contributed by atoms with Crippen molar-refractivity contribution in [2.45, 2.75) is 24.5 Å². The summed E-state index contributed by atoms with van der Waals surface area (Å²) in [4.78, 5) is 26.4. The summed E-state index contributed by atoms with van der Waals surface area (Å²) in [5.41, 5.74) is 0.0116. The second kappa shape index (κ2) is 5.58. The molecule has 1 aromatic rings. The summed E-state index contributed by atoms with van der Waals surface area (Å²) in [7, 11) is -3.41. The Kier molecular flexibility index (Phi) is 4.03. The Balaban J connectivity index is 2.15. The normalized spacial score (nSPS) is 21.1. The van der Waals surface area contributed by atoms with E-state index in [4.69, 9.17) is 5.11 Å². The molecular weight excluding hydrogens is 284 g/mol. The largest absolute Gasteiger partial charge is 0.477 e. The van der Waals surface area contributed by atoms with Crippen molar-refractivity contribution in [3.8, 4) is 0 Å². The molecule has 2 N–H and O–H groups in total. The van der Waals surface area contributed by atoms with Gasteiger partial charge in [0.05, 0.1) is 5.75 Å². The number of rotatable bonds is 3. The molecule has 2 rings (SSSR count). The number of carbonyl (C=O) groups is 2. The molecule has 0 radical (unpaired) electrons. The lowest BCUT2D eigenvalue weighted by molar-refractivity contribution is -0.116. The molecule has 0 spiro atoms. The van der Waals surface area contributed by atoms with Gasteiger partial charge in [-0.1, -0.05) is 6.42 Å². The van der Waals surface area contributed by atoms with Crippen molar-refractivity contribution in [3.63, 3.8) is 0 Å². The molecule has 20 heavy (non-hydrogen) atoms. The van der Waals surface area contributed by atoms with E-state index in [9.17, 15) is 18.0 Å². The summed E-state index contributed by atoms with van der Waals surface area (Å²) in [5.74, 6) is -1.82. The Morgan fingerprint density at radius 1 is 1.35 bits per heavy atom. The van der Waals surface area contributed by atoms with Crippen molar-refractivity contribution in [2.75, 3.05) is 11.1 Å². The first kappa shape index (κ1) is 14.4. The SMILES string of the molecule is O=C(O)c1cc(NC(=O)C2CCCCS2(=O)=O)ccn1. The molecule has 1 aliphatic rings. The van der Waals surface area contributed by atoms with Gasteiger partial charge in [-0.15, -0.1) is 0 Å². The second-order valence-electron chi connectivity index (χ2n) is 4.58. The van der Waals surface area contributed by atoms with Crippen LogP contribution in [0.1, 0.15) is 29.8 Å². The van der Waals surface area contributed by atoms with Gasteiger partial charge < -0.3 is 10.4 Å². The molecule has 2 heterocycles. The van der Waals surface area contributed by atoms with Crippen LogP contribution in [-0.4, -0.2) is 41.4 Å². The lowest BCUT2D eigenvalue weighted by Crippen LogP contribution is -2.39. The van der Waals surface area contributed by atoms with E-state index in [-0.39, 0.29) is 17.1 Å². The third kappa shape index (κ3) is 3.13. The van der Waals surface area contributed by atoms with Gasteiger partial charge in [0.2, 0.25) is 5.91 Å². The number of aromatic carboxylic acids is 1. The maximum Gasteiger partial charge on any atom is 0.354 e. The molecule has 8 heteroatoms. The van der Waals surface area contributed by atoms with E-state index in [1.54, 1.807) is 0 Å². The van der Waals surface area contributed by atoms with Crippen molar-refractivity contribution in [3.05, 3.63) is 24.0 Å². The van der Waals surface area contributed by atoms with Crippen LogP contribution >= 0.6 is 0 Å². The van der Waals surface area contributed by atoms with Crippen LogP contribution in [0, 0.1) is 0 Å². The quantitative estimate of drug-likeness (QED) is 0.848. The Morgan fingerprint density at radius 3 is 2.75 bits per heavy atom. The standard InChI is InChI=1S/C12H14N2O5S/c15-11(10-3-1-2-6-20(10,18)19)14-8-4-5-13-9(7-8)12(16)17/h4-5,7,10H,1-3,6H2,(H,16,17)(H,13,14,15). The Labute approximate surface area is 115 Å². The van der Waals surface area contributed by atoms with Gasteiger partial charge in [-0.3, -0.25) is 4.79 Å². The third-order valence-corrected chi connectivity index (χ3v) is 5.29. The number of amides is 1. The number of hydrogen-bond acceptors (Lipinski definition) is 5. The van der Waals surface area contributed by atoms with Crippen molar-refractivity contribution in [1.29, 1.82) is 0 Å². The smallest absolute Gasteiger partial charge is 0.354 e. The molecule has 1 saturated heterocycles. The fourth-order valence-corrected chi connectivity index (χ4v) is 3.90. The first-order valence-electron chi connectivity index (χ1n) is 6.12. The molecular formula is C12H14N2O5S. The van der Waals surface area contributed by atoms with Gasteiger partial charge in [0.25, 0.3) is 0 Å². The van der Waals surface area contributed by atoms with Gasteiger partial charge in [-0.2, -0.15) is 0 Å². The van der Waals surface area contributed by atoms with E-state index in [0.717, 1.165) is 0 Å². The molecule has 0 bridgehead atoms. The minimum Gasteiger partial charge on any atom is -0.477 e. The zero-order valence-corrected chi connectivity index (χ0v) is 11.4. The highest BCUT2D eigenvalue weighted by molar-refractivity contribution is 7.92. The maximum absolute atomic E-state index is 12.0. The first-order valence-corrected chi connectivity index (χ1v) is 7.83. The highest BCUT2D eigenvalue weighted by Gasteiger charge is 2.34. The minimum absolute atomic E-state index is 0.0157. The zero-order chi connectivity index (χ0) is 14.8. The van der Waals surface area contributed by atoms with Crippen molar-refractivity contribution in [1.82, 2.24) is 4.98 Å². The van der Waals surface area contributed by atoms with Crippen LogP contribution in [0.3, 0.4) is 0 Å². The monoisotopic (exact) mass is 298 g/mol. The van der Waals surface area contributed by atoms with Gasteiger partial charge >= 0.3 is 5.97 Å². The van der Waals surface area contributed by atoms with Gasteiger partial charge in [0.15, 0.2) is 9.84 Å². The molecule has 0 saturated carbocycles. The number of carbonyl (C=O) groups excluding carboxylic acids is 1. The molecule has 7 nitrogen and oxygen atoms in total. The number of nitrogens with one attached hydrogen (secondary N) is 1. The van der Waals surface area contributed by atoms with Crippen molar-refractivity contribution < 1.29 is 23.1 Å². The van der Waals surface area contributed by atoms with Gasteiger partial charge in [-0.05, 0) is 25.0 Å². The summed E-state index contributed by atoms with van der Waals surface area (Å²) < 4.78 is 23.6. The molecule has 0 aromatic carbocycles. The number of nitrogens with zero attached hydrogens (tertiary/aromatic N) is 1. The maximum atomic E-state index is 12.0. The van der Waals surface area contributed by atoms with Crippen molar-refractivity contribution in [2.24, 2.45) is 0 Å². The van der Waals surface area contributed by atoms with Crippen LogP contribution in [0.4, 0.5) is 5.69 Å². The summed E-state index contributed by atoms with van der Waals surface area (Å²) in [6.45, 7) is 0. The zero-order valence-electron chi connectivity index (χ0n) is 10.6. The van der Waals surface area contributed by atoms with E-state index < -0.39 is 27.0 Å². The molecule has 1 fully saturated rings. The lowest BCUT2D eigenvalue weighted by Gasteiger charge is -2.21. The van der Waals surface area contributed by atoms with Crippen LogP contribution in [0.25, 0.3) is 0 Å². The summed E-state index contributed by atoms with van der Waals surface area (Å²) in [6.07, 6.45) is 2.80. The van der Waals surface area contributed by atoms with E-state index in [1.165, 1.54) is 18.3 Å². The average molecular weight is 298 g/mol. The predicted octanol–water partition coefficient (Wildman–Crippen LogP) is 0.686. The Bertz CT molecular complexity index is 641. The highest BCUT2D eigenvalue weighted by Crippen LogP contribution is 2.21. The molecule has 1 aromatic heterocycles. The topological polar surface area (TPSA) is 113 Å². The predicted molar refractivity (Wildman–Crippen MR) is 71.3 cm³/mol. The molecule has 108 valence electrons. The first-order chi connectivity index (χ1) is 9.40. The van der Waals surface area contributed by atoms with Crippen LogP contribution in [0.15, 0.2) is 18.3 Å². The number of aromatic nitrogens is 1. The summed E-state index contributed by atoms with van der Waals surface area (Å²) in [6, 6.07) is 2.61. The van der Waals surface area contributed by atoms with Crippen LogP contribution < -0.4 is 5.32 Å². The molecule has 1 amide bonds. The molecule has 1 unspecified atom stereocenters. The number of carboxylic acids is 1. The number of sulfone groups is 1. The van der Waals surface area contributed by atoms with E-state index in [1.807, 2.05) is 0 Å².